The van der Waals surface area contributed by atoms with E-state index in [0.717, 1.165) is 48.8 Å². The number of likely N-dealkylation sites (N-methyl/N-ethyl adjacent to an activating group) is 1. The zero-order valence-electron chi connectivity index (χ0n) is 24.6. The lowest BCUT2D eigenvalue weighted by Crippen LogP contribution is -2.49. The smallest absolute Gasteiger partial charge is 0.335 e. The molecule has 4 rings (SSSR count). The van der Waals surface area contributed by atoms with E-state index in [-0.39, 0.29) is 4.90 Å². The van der Waals surface area contributed by atoms with Crippen LogP contribution in [0.25, 0.3) is 11.3 Å². The second-order valence-electron chi connectivity index (χ2n) is 9.93. The van der Waals surface area contributed by atoms with Crippen molar-refractivity contribution in [2.75, 3.05) is 58.3 Å². The number of anilines is 1. The largest absolute Gasteiger partial charge is 0.479 e. The van der Waals surface area contributed by atoms with Gasteiger partial charge in [-0.1, -0.05) is 24.3 Å². The van der Waals surface area contributed by atoms with Crippen LogP contribution in [0, 0.1) is 0 Å². The number of methoxy groups -OCH3 is 1. The van der Waals surface area contributed by atoms with Crippen molar-refractivity contribution in [1.82, 2.24) is 29.0 Å². The number of aliphatic hydroxyl groups is 2. The fraction of sp³-hybridized carbons (Fsp3) is 0.444. The summed E-state index contributed by atoms with van der Waals surface area (Å²) >= 11 is 0. The van der Waals surface area contributed by atoms with Gasteiger partial charge in [-0.15, -0.1) is 0 Å². The van der Waals surface area contributed by atoms with E-state index in [0.29, 0.717) is 19.7 Å². The van der Waals surface area contributed by atoms with Gasteiger partial charge in [0.05, 0.1) is 12.8 Å². The fourth-order valence-corrected chi connectivity index (χ4v) is 5.41. The SMILES string of the molecule is COCc1ccc(-c2nccnc2N2CCN(CCN(C)S(=O)(=O)c3cnn(C)c3)CC2)cc1.O=C(O)C(O)C(O)C(=O)O. The number of carboxylic acid groups (broad SMARTS) is 2. The van der Waals surface area contributed by atoms with E-state index in [1.54, 1.807) is 33.6 Å². The van der Waals surface area contributed by atoms with Crippen molar-refractivity contribution in [3.8, 4) is 11.3 Å². The highest BCUT2D eigenvalue weighted by molar-refractivity contribution is 7.89. The Balaban J connectivity index is 0.000000456. The van der Waals surface area contributed by atoms with Crippen LogP contribution in [0.1, 0.15) is 5.56 Å². The summed E-state index contributed by atoms with van der Waals surface area (Å²) in [6.45, 7) is 4.90. The maximum Gasteiger partial charge on any atom is 0.335 e. The fourth-order valence-electron chi connectivity index (χ4n) is 4.26. The quantitative estimate of drug-likeness (QED) is 0.195. The lowest BCUT2D eigenvalue weighted by Gasteiger charge is -2.36. The lowest BCUT2D eigenvalue weighted by molar-refractivity contribution is -0.165. The number of hydrogen-bond donors (Lipinski definition) is 4. The number of benzene rings is 1. The van der Waals surface area contributed by atoms with Gasteiger partial charge in [-0.3, -0.25) is 14.6 Å². The van der Waals surface area contributed by atoms with E-state index >= 15 is 0 Å². The number of carbonyl (C=O) groups is 2. The van der Waals surface area contributed by atoms with Crippen molar-refractivity contribution in [3.63, 3.8) is 0 Å². The monoisotopic (exact) mass is 635 g/mol. The van der Waals surface area contributed by atoms with Crippen LogP contribution in [0.5, 0.6) is 0 Å². The molecule has 1 aromatic carbocycles. The van der Waals surface area contributed by atoms with E-state index in [9.17, 15) is 18.0 Å². The zero-order chi connectivity index (χ0) is 32.4. The van der Waals surface area contributed by atoms with Crippen LogP contribution in [0.2, 0.25) is 0 Å². The van der Waals surface area contributed by atoms with E-state index < -0.39 is 34.2 Å². The Labute approximate surface area is 254 Å². The van der Waals surface area contributed by atoms with Crippen LogP contribution in [0.4, 0.5) is 5.82 Å². The Bertz CT molecular complexity index is 1480. The summed E-state index contributed by atoms with van der Waals surface area (Å²) in [5.41, 5.74) is 3.00. The Morgan fingerprint density at radius 1 is 1.00 bits per heavy atom. The zero-order valence-corrected chi connectivity index (χ0v) is 25.4. The molecule has 2 unspecified atom stereocenters. The molecule has 0 aliphatic carbocycles. The van der Waals surface area contributed by atoms with E-state index in [2.05, 4.69) is 37.0 Å². The second-order valence-corrected chi connectivity index (χ2v) is 12.0. The number of ether oxygens (including phenoxy) is 1. The van der Waals surface area contributed by atoms with Crippen LogP contribution >= 0.6 is 0 Å². The summed E-state index contributed by atoms with van der Waals surface area (Å²) in [4.78, 5) is 33.5. The number of aromatic nitrogens is 4. The van der Waals surface area contributed by atoms with Crippen molar-refractivity contribution < 1.29 is 43.2 Å². The minimum absolute atomic E-state index is 0.216. The highest BCUT2D eigenvalue weighted by Crippen LogP contribution is 2.27. The average molecular weight is 636 g/mol. The molecule has 240 valence electrons. The molecule has 0 spiro atoms. The predicted molar refractivity (Wildman–Crippen MR) is 157 cm³/mol. The molecule has 0 amide bonds. The first-order chi connectivity index (χ1) is 20.8. The van der Waals surface area contributed by atoms with Crippen molar-refractivity contribution >= 4 is 27.8 Å². The van der Waals surface area contributed by atoms with Crippen LogP contribution in [-0.2, 0) is 38.0 Å². The first-order valence-electron chi connectivity index (χ1n) is 13.5. The molecule has 44 heavy (non-hydrogen) atoms. The van der Waals surface area contributed by atoms with Gasteiger partial charge in [0.2, 0.25) is 10.0 Å². The number of carboxylic acids is 2. The molecule has 1 aliphatic rings. The molecule has 1 fully saturated rings. The molecule has 0 radical (unpaired) electrons. The highest BCUT2D eigenvalue weighted by Gasteiger charge is 2.29. The molecule has 0 bridgehead atoms. The van der Waals surface area contributed by atoms with E-state index in [1.807, 2.05) is 12.1 Å². The molecule has 16 nitrogen and oxygen atoms in total. The number of hydrogen-bond acceptors (Lipinski definition) is 12. The van der Waals surface area contributed by atoms with Gasteiger partial charge in [0.15, 0.2) is 18.0 Å². The van der Waals surface area contributed by atoms with E-state index in [1.165, 1.54) is 21.4 Å². The summed E-state index contributed by atoms with van der Waals surface area (Å²) in [5, 5.41) is 36.5. The first-order valence-corrected chi connectivity index (χ1v) is 14.9. The van der Waals surface area contributed by atoms with Gasteiger partial charge >= 0.3 is 11.9 Å². The van der Waals surface area contributed by atoms with Crippen LogP contribution in [-0.4, -0.2) is 135 Å². The number of nitrogens with zero attached hydrogens (tertiary/aromatic N) is 7. The molecule has 4 N–H and O–H groups in total. The Morgan fingerprint density at radius 2 is 1.59 bits per heavy atom. The van der Waals surface area contributed by atoms with Gasteiger partial charge in [0.1, 0.15) is 10.6 Å². The predicted octanol–water partition coefficient (Wildman–Crippen LogP) is -0.656. The van der Waals surface area contributed by atoms with Crippen LogP contribution in [0.3, 0.4) is 0 Å². The molecule has 0 saturated carbocycles. The summed E-state index contributed by atoms with van der Waals surface area (Å²) < 4.78 is 33.5. The number of aliphatic carboxylic acids is 2. The number of aliphatic hydroxyl groups excluding tert-OH is 2. The minimum Gasteiger partial charge on any atom is -0.479 e. The molecule has 3 aromatic rings. The molecule has 1 aliphatic heterocycles. The van der Waals surface area contributed by atoms with Gasteiger partial charge in [-0.2, -0.15) is 9.40 Å². The molecular weight excluding hydrogens is 598 g/mol. The van der Waals surface area contributed by atoms with E-state index in [4.69, 9.17) is 25.2 Å². The maximum atomic E-state index is 12.7. The molecule has 17 heteroatoms. The normalized spacial score (nSPS) is 15.4. The number of rotatable bonds is 12. The highest BCUT2D eigenvalue weighted by atomic mass is 32.2. The van der Waals surface area contributed by atoms with Gasteiger partial charge in [-0.25, -0.2) is 23.0 Å². The van der Waals surface area contributed by atoms with Gasteiger partial charge in [0, 0.05) is 84.6 Å². The second kappa shape index (κ2) is 15.6. The van der Waals surface area contributed by atoms with Gasteiger partial charge in [0.25, 0.3) is 0 Å². The van der Waals surface area contributed by atoms with Gasteiger partial charge in [-0.05, 0) is 5.56 Å². The summed E-state index contributed by atoms with van der Waals surface area (Å²) in [6, 6.07) is 8.20. The number of sulfonamides is 1. The molecular formula is C27H37N7O9S. The molecule has 1 saturated heterocycles. The van der Waals surface area contributed by atoms with Crippen molar-refractivity contribution in [2.24, 2.45) is 7.05 Å². The topological polar surface area (TPSA) is 212 Å². The maximum absolute atomic E-state index is 12.7. The van der Waals surface area contributed by atoms with Crippen molar-refractivity contribution in [1.29, 1.82) is 0 Å². The number of aryl methyl sites for hydroxylation is 1. The summed E-state index contributed by atoms with van der Waals surface area (Å²) in [6.07, 6.45) is 1.82. The first kappa shape index (κ1) is 34.5. The molecule has 2 aromatic heterocycles. The van der Waals surface area contributed by atoms with Crippen LogP contribution in [0.15, 0.2) is 53.9 Å². The summed E-state index contributed by atoms with van der Waals surface area (Å²) in [5.74, 6) is -2.66. The third-order valence-electron chi connectivity index (χ3n) is 6.81. The Hall–Kier alpha value is -4.00. The minimum atomic E-state index is -3.53. The van der Waals surface area contributed by atoms with Gasteiger partial charge < -0.3 is 30.1 Å². The van der Waals surface area contributed by atoms with Crippen molar-refractivity contribution in [3.05, 3.63) is 54.6 Å². The third-order valence-corrected chi connectivity index (χ3v) is 8.62. The lowest BCUT2D eigenvalue weighted by atomic mass is 10.1. The average Bonchev–Trinajstić information content (AvgIpc) is 3.47. The Morgan fingerprint density at radius 3 is 2.11 bits per heavy atom. The summed E-state index contributed by atoms with van der Waals surface area (Å²) in [7, 11) is 1.48. The standard InChI is InChI=1S/C23H31N7O3S.C4H6O6/c1-27-17-21(16-26-27)34(31,32)28(2)10-11-29-12-14-30(15-13-29)23-22(24-8-9-25-23)20-6-4-19(5-7-20)18-33-3;5-1(3(7)8)2(6)4(9)10/h4-9,16-17H,10-15,18H2,1-3H3;1-2,5-6H,(H,7,8)(H,9,10). The Kier molecular flexibility index (Phi) is 12.3. The number of piperazine rings is 1. The van der Waals surface area contributed by atoms with Crippen molar-refractivity contribution in [2.45, 2.75) is 23.7 Å². The molecule has 2 atom stereocenters. The molecule has 3 heterocycles. The third kappa shape index (κ3) is 9.01. The van der Waals surface area contributed by atoms with Crippen LogP contribution < -0.4 is 4.90 Å².